The molecule has 2 aromatic rings. The molecule has 0 saturated carbocycles. The summed E-state index contributed by atoms with van der Waals surface area (Å²) in [6, 6.07) is 4.42. The monoisotopic (exact) mass is 1260 g/mol. The molecule has 0 aliphatic carbocycles. The average molecular weight is 1260 g/mol. The number of primary amides is 6. The van der Waals surface area contributed by atoms with E-state index in [-0.39, 0.29) is 77.2 Å². The van der Waals surface area contributed by atoms with Crippen LogP contribution in [0.5, 0.6) is 0 Å². The van der Waals surface area contributed by atoms with Crippen molar-refractivity contribution in [1.29, 1.82) is 0 Å². The van der Waals surface area contributed by atoms with Gasteiger partial charge in [0.2, 0.25) is 41.4 Å². The molecule has 6 aliphatic heterocycles. The van der Waals surface area contributed by atoms with Gasteiger partial charge in [-0.1, -0.05) is 40.7 Å². The average Bonchev–Trinajstić information content (AvgIpc) is 1.54. The lowest BCUT2D eigenvalue weighted by atomic mass is 9.55. The Morgan fingerprint density at radius 3 is 2.03 bits per heavy atom. The van der Waals surface area contributed by atoms with Gasteiger partial charge in [-0.3, -0.25) is 57.6 Å². The number of nitrogens with zero attached hydrogens (tertiary/aromatic N) is 5. The molecule has 17 N–H and O–H groups in total. The fourth-order valence-electron chi connectivity index (χ4n) is 15.3. The van der Waals surface area contributed by atoms with Crippen molar-refractivity contribution in [2.75, 3.05) is 13.2 Å². The summed E-state index contributed by atoms with van der Waals surface area (Å²) in [5, 5.41) is 28.1. The largest absolute Gasteiger partial charge is 0.472 e. The Hall–Kier alpha value is -7.00. The molecule has 6 aliphatic rings. The number of nitrogens with one attached hydrogen (secondary N) is 2. The highest BCUT2D eigenvalue weighted by molar-refractivity contribution is 7.47. The molecule has 8 bridgehead atoms. The Morgan fingerprint density at radius 1 is 0.820 bits per heavy atom. The second-order valence-electron chi connectivity index (χ2n) is 26.6. The number of aliphatic imine (C=N–C) groups is 3. The number of ether oxygens (including phenoxy) is 1. The first-order valence-electron chi connectivity index (χ1n) is 30.1. The first kappa shape index (κ1) is 67.9. The summed E-state index contributed by atoms with van der Waals surface area (Å²) < 4.78 is 32.1. The molecule has 8 rings (SSSR count). The second-order valence-corrected chi connectivity index (χ2v) is 28.0. The number of aliphatic hydroxyl groups is 2. The first-order chi connectivity index (χ1) is 41.4. The van der Waals surface area contributed by atoms with E-state index in [0.29, 0.717) is 56.4 Å². The van der Waals surface area contributed by atoms with Crippen LogP contribution in [-0.4, -0.2) is 132 Å². The van der Waals surface area contributed by atoms with Gasteiger partial charge in [-0.2, -0.15) is 0 Å². The van der Waals surface area contributed by atoms with E-state index in [1.165, 1.54) is 17.8 Å². The number of phosphoric acid groups is 1. The number of rotatable bonds is 26. The van der Waals surface area contributed by atoms with Crippen LogP contribution in [0.15, 0.2) is 73.8 Å². The number of allylic oxidation sites excluding steroid dienone is 6. The molecular formula is C61H88N13O14P. The quantitative estimate of drug-likeness (QED) is 0.0603. The summed E-state index contributed by atoms with van der Waals surface area (Å²) in [6.45, 7) is 17.3. The first-order valence-corrected chi connectivity index (χ1v) is 31.6. The van der Waals surface area contributed by atoms with E-state index in [4.69, 9.17) is 63.2 Å². The van der Waals surface area contributed by atoms with Crippen LogP contribution < -0.4 is 45.0 Å². The number of aliphatic hydroxyl groups excluding tert-OH is 2. The van der Waals surface area contributed by atoms with Crippen molar-refractivity contribution in [3.8, 4) is 0 Å². The van der Waals surface area contributed by atoms with Gasteiger partial charge in [-0.15, -0.1) is 0 Å². The van der Waals surface area contributed by atoms with Crippen molar-refractivity contribution in [2.24, 2.45) is 94.7 Å². The minimum Gasteiger partial charge on any atom is -0.394 e. The molecule has 15 atom stereocenters. The van der Waals surface area contributed by atoms with E-state index < -0.39 is 143 Å². The molecule has 0 spiro atoms. The van der Waals surface area contributed by atoms with Crippen molar-refractivity contribution >= 4 is 77.3 Å². The second kappa shape index (κ2) is 25.4. The molecule has 0 radical (unpaired) electrons. The van der Waals surface area contributed by atoms with Gasteiger partial charge in [0.1, 0.15) is 18.3 Å². The highest BCUT2D eigenvalue weighted by Crippen LogP contribution is 2.63. The topological polar surface area (TPSA) is 460 Å². The Kier molecular flexibility index (Phi) is 19.3. The van der Waals surface area contributed by atoms with Crippen molar-refractivity contribution in [1.82, 2.24) is 20.2 Å². The Morgan fingerprint density at radius 2 is 1.44 bits per heavy atom. The predicted octanol–water partition coefficient (Wildman–Crippen LogP) is 2.85. The number of benzene rings is 1. The zero-order valence-corrected chi connectivity index (χ0v) is 53.2. The zero-order valence-electron chi connectivity index (χ0n) is 52.3. The van der Waals surface area contributed by atoms with Gasteiger partial charge in [0.25, 0.3) is 0 Å². The van der Waals surface area contributed by atoms with Gasteiger partial charge in [0, 0.05) is 131 Å². The number of phosphoric ester groups is 1. The van der Waals surface area contributed by atoms with E-state index in [9.17, 15) is 53.2 Å². The molecule has 28 heteroatoms. The molecule has 1 unspecified atom stereocenters. The van der Waals surface area contributed by atoms with Crippen LogP contribution in [0.4, 0.5) is 0 Å². The van der Waals surface area contributed by atoms with E-state index in [0.717, 1.165) is 5.56 Å². The van der Waals surface area contributed by atoms with Crippen LogP contribution in [0, 0.1) is 52.3 Å². The van der Waals surface area contributed by atoms with Crippen LogP contribution in [-0.2, 0) is 51.9 Å². The molecule has 2 saturated heterocycles. The van der Waals surface area contributed by atoms with Gasteiger partial charge in [-0.25, -0.2) is 9.55 Å². The predicted molar refractivity (Wildman–Crippen MR) is 329 cm³/mol. The number of aromatic nitrogens is 2. The van der Waals surface area contributed by atoms with Gasteiger partial charge in [0.05, 0.1) is 41.7 Å². The minimum atomic E-state index is -5.06. The maximum Gasteiger partial charge on any atom is 0.472 e. The minimum absolute atomic E-state index is 0.0110. The van der Waals surface area contributed by atoms with Crippen LogP contribution in [0.3, 0.4) is 0 Å². The van der Waals surface area contributed by atoms with E-state index in [2.05, 4.69) is 15.6 Å². The standard InChI is InChI=1S/C61H88N13O14P/c1-29-11-15-39-38(21-29)69-28-74(39)56-51(83)52(40(27-75)86-56)88-89(84,85)87-30(2)26-68-48(82)19-20-58(7)36(22-45(65)79)55-61(10)60(9,25-47(67)81)35(14-18-44(64)78)50(73-61)32(4)54-59(8,24-46(66)80)33(12-16-42(62)76)37(70-54)23-41-57(5,6)34(13-17-43(63)77)49(71-41)31(3)53(58)72-55/h11,15,21,23,28,30,33-36,40,51-52,55-56,70,75,83H,12-14,16-20,22,24-27H2,1-10H3,(H2,62,76)(H2,63,77)(H2,64,78)(H2,65,79)(H2,66,80)(H2,67,81)(H,68,82)(H,84,85)/b37-23?,49-31-,54-32-/t30-,33+,34+,35+,36-,40+,51+,52+,55+,56-,58+,59-,60-,61-/m0/s1. The lowest BCUT2D eigenvalue weighted by Gasteiger charge is -2.48. The highest BCUT2D eigenvalue weighted by atomic mass is 31.2. The SMILES string of the molecule is C/C1=C2/N=C(C=C3N/C(=C(/C)C4=N[C@@](C)([C@@H]5N=C1[C@](C)(CCC(=O)NC[C@H](C)OP(=O)(O)O[C@H]1[C@@H](O)[C@@H](n6cnc7cc(C)ccc76)O[C@@H]1CO)[C@H]5CC(N)=O)[C@@](C)(CC(N)=O)[C@@H]4CCC(N)=O)[C@@](C)(CC(N)=O)[C@@H]3CCC(N)=O)C(C)(C)[C@@H]2CCC(N)=O. The Bertz CT molecular complexity index is 3480. The normalized spacial score (nSPS) is 33.9. The number of amides is 7. The smallest absolute Gasteiger partial charge is 0.394 e. The molecule has 89 heavy (non-hydrogen) atoms. The number of imidazole rings is 1. The maximum atomic E-state index is 14.3. The summed E-state index contributed by atoms with van der Waals surface area (Å²) in [4.78, 5) is 126. The molecule has 1 aromatic heterocycles. The Labute approximate surface area is 517 Å². The molecular weight excluding hydrogens is 1170 g/mol. The molecule has 2 fully saturated rings. The molecule has 7 amide bonds. The summed E-state index contributed by atoms with van der Waals surface area (Å²) in [5.41, 5.74) is 36.3. The lowest BCUT2D eigenvalue weighted by Crippen LogP contribution is -2.56. The molecule has 1 aromatic carbocycles. The van der Waals surface area contributed by atoms with Crippen molar-refractivity contribution in [2.45, 2.75) is 182 Å². The number of hydrogen-bond acceptors (Lipinski definition) is 18. The number of aryl methyl sites for hydroxylation is 1. The van der Waals surface area contributed by atoms with Gasteiger partial charge >= 0.3 is 7.82 Å². The highest BCUT2D eigenvalue weighted by Gasteiger charge is 2.66. The summed E-state index contributed by atoms with van der Waals surface area (Å²) in [5.74, 6) is -7.18. The number of fused-ring (bicyclic) bond motifs is 7. The number of hydrogen-bond donors (Lipinski definition) is 11. The van der Waals surface area contributed by atoms with Gasteiger partial charge in [0.15, 0.2) is 6.23 Å². The fourth-order valence-corrected chi connectivity index (χ4v) is 16.4. The van der Waals surface area contributed by atoms with Crippen LogP contribution in [0.25, 0.3) is 11.0 Å². The summed E-state index contributed by atoms with van der Waals surface area (Å²) in [7, 11) is -5.06. The number of carbonyl (C=O) groups is 7. The number of nitrogens with two attached hydrogens (primary N) is 6. The summed E-state index contributed by atoms with van der Waals surface area (Å²) >= 11 is 0. The van der Waals surface area contributed by atoms with Crippen LogP contribution in [0.2, 0.25) is 0 Å². The maximum absolute atomic E-state index is 14.3. The molecule has 27 nitrogen and oxygen atoms in total. The van der Waals surface area contributed by atoms with Gasteiger partial charge < -0.3 is 69.4 Å². The van der Waals surface area contributed by atoms with E-state index >= 15 is 0 Å². The lowest BCUT2D eigenvalue weighted by molar-refractivity contribution is -0.124. The van der Waals surface area contributed by atoms with Crippen molar-refractivity contribution in [3.05, 3.63) is 64.4 Å². The van der Waals surface area contributed by atoms with Crippen LogP contribution in [0.1, 0.15) is 145 Å². The zero-order chi connectivity index (χ0) is 65.8. The van der Waals surface area contributed by atoms with Crippen LogP contribution >= 0.6 is 7.82 Å². The number of carbonyl (C=O) groups excluding carboxylic acids is 7. The third-order valence-corrected chi connectivity index (χ3v) is 21.3. The molecule has 486 valence electrons. The fraction of sp³-hybridized carbons (Fsp3) is 0.623. The Balaban J connectivity index is 1.20. The third-order valence-electron chi connectivity index (χ3n) is 20.1. The van der Waals surface area contributed by atoms with E-state index in [1.54, 1.807) is 6.07 Å². The van der Waals surface area contributed by atoms with Crippen molar-refractivity contribution < 1.29 is 67.0 Å². The third kappa shape index (κ3) is 13.0. The van der Waals surface area contributed by atoms with E-state index in [1.807, 2.05) is 80.5 Å². The summed E-state index contributed by atoms with van der Waals surface area (Å²) in [6.07, 6.45) is -4.25. The molecule has 7 heterocycles. The van der Waals surface area contributed by atoms with Crippen molar-refractivity contribution in [3.63, 3.8) is 0 Å². The van der Waals surface area contributed by atoms with Gasteiger partial charge in [-0.05, 0) is 95.2 Å².